The molecule has 1 atom stereocenters. The highest BCUT2D eigenvalue weighted by Crippen LogP contribution is 2.26. The maximum absolute atomic E-state index is 12.2. The van der Waals surface area contributed by atoms with Crippen LogP contribution in [0.25, 0.3) is 5.57 Å². The second-order valence-corrected chi connectivity index (χ2v) is 6.23. The predicted molar refractivity (Wildman–Crippen MR) is 101 cm³/mol. The maximum atomic E-state index is 12.2. The number of carbonyl (C=O) groups excluding carboxylic acids is 1. The largest absolute Gasteiger partial charge is 0.431 e. The van der Waals surface area contributed by atoms with Gasteiger partial charge in [0, 0.05) is 30.6 Å². The standard InChI is InChI=1S/C17H19ClN6O2/c18-13-2-1-10(11(6-19)7-22-12-3-4-21-8-12)5-14(13)23-16(25)15-9-26-17(20)24-15/h1-2,5-7,9,12,19,21-22H,3-4,8H2,(H2,20,24)(H,23,25)/b11-7+,19-6?. The fourth-order valence-corrected chi connectivity index (χ4v) is 2.76. The second kappa shape index (κ2) is 8.03. The zero-order chi connectivity index (χ0) is 18.5. The van der Waals surface area contributed by atoms with E-state index in [0.29, 0.717) is 22.3 Å². The highest BCUT2D eigenvalue weighted by Gasteiger charge is 2.15. The highest BCUT2D eigenvalue weighted by atomic mass is 35.5. The molecule has 8 nitrogen and oxygen atoms in total. The van der Waals surface area contributed by atoms with Gasteiger partial charge in [-0.3, -0.25) is 4.79 Å². The molecule has 1 fully saturated rings. The number of carbonyl (C=O) groups is 1. The molecule has 0 aliphatic carbocycles. The van der Waals surface area contributed by atoms with Crippen LogP contribution in [0, 0.1) is 5.41 Å². The van der Waals surface area contributed by atoms with Crippen LogP contribution >= 0.6 is 11.6 Å². The van der Waals surface area contributed by atoms with E-state index in [9.17, 15) is 4.79 Å². The Morgan fingerprint density at radius 3 is 3.00 bits per heavy atom. The number of oxazole rings is 1. The highest BCUT2D eigenvalue weighted by molar-refractivity contribution is 6.34. The lowest BCUT2D eigenvalue weighted by Crippen LogP contribution is -2.26. The Morgan fingerprint density at radius 2 is 2.35 bits per heavy atom. The van der Waals surface area contributed by atoms with Crippen molar-refractivity contribution in [2.24, 2.45) is 0 Å². The summed E-state index contributed by atoms with van der Waals surface area (Å²) >= 11 is 6.18. The Kier molecular flexibility index (Phi) is 5.55. The number of hydrogen-bond donors (Lipinski definition) is 5. The monoisotopic (exact) mass is 374 g/mol. The molecule has 136 valence electrons. The van der Waals surface area contributed by atoms with E-state index >= 15 is 0 Å². The first kappa shape index (κ1) is 18.0. The third kappa shape index (κ3) is 4.22. The topological polar surface area (TPSA) is 129 Å². The number of allylic oxidation sites excluding steroid dienone is 1. The van der Waals surface area contributed by atoms with E-state index in [2.05, 4.69) is 20.9 Å². The molecule has 0 radical (unpaired) electrons. The average Bonchev–Trinajstić information content (AvgIpc) is 3.29. The van der Waals surface area contributed by atoms with Crippen molar-refractivity contribution in [2.75, 3.05) is 24.1 Å². The van der Waals surface area contributed by atoms with E-state index in [0.717, 1.165) is 25.1 Å². The molecule has 6 N–H and O–H groups in total. The number of halogens is 1. The first-order valence-corrected chi connectivity index (χ1v) is 8.44. The molecule has 0 bridgehead atoms. The Hall–Kier alpha value is -2.84. The van der Waals surface area contributed by atoms with Gasteiger partial charge < -0.3 is 31.5 Å². The van der Waals surface area contributed by atoms with Gasteiger partial charge in [-0.25, -0.2) is 0 Å². The van der Waals surface area contributed by atoms with Crippen LogP contribution < -0.4 is 21.7 Å². The molecule has 1 aromatic heterocycles. The summed E-state index contributed by atoms with van der Waals surface area (Å²) < 4.78 is 4.83. The van der Waals surface area contributed by atoms with E-state index in [-0.39, 0.29) is 11.7 Å². The van der Waals surface area contributed by atoms with Crippen LogP contribution in [0.5, 0.6) is 0 Å². The van der Waals surface area contributed by atoms with Crippen molar-refractivity contribution < 1.29 is 9.21 Å². The SMILES string of the molecule is N=C/C(=C\NC1CCNC1)c1ccc(Cl)c(NC(=O)c2coc(N)n2)c1. The normalized spacial score (nSPS) is 17.1. The molecule has 26 heavy (non-hydrogen) atoms. The molecule has 3 rings (SSSR count). The molecule has 0 saturated carbocycles. The van der Waals surface area contributed by atoms with Crippen LogP contribution in [0.15, 0.2) is 35.1 Å². The van der Waals surface area contributed by atoms with Crippen molar-refractivity contribution in [3.05, 3.63) is 46.9 Å². The lowest BCUT2D eigenvalue weighted by atomic mass is 10.1. The number of nitrogens with zero attached hydrogens (tertiary/aromatic N) is 1. The smallest absolute Gasteiger partial charge is 0.292 e. The Balaban J connectivity index is 1.78. The van der Waals surface area contributed by atoms with Gasteiger partial charge in [0.2, 0.25) is 0 Å². The molecule has 2 aromatic rings. The number of hydrogen-bond acceptors (Lipinski definition) is 7. The number of amides is 1. The van der Waals surface area contributed by atoms with Crippen LogP contribution in [-0.4, -0.2) is 36.2 Å². The third-order valence-corrected chi connectivity index (χ3v) is 4.32. The van der Waals surface area contributed by atoms with Gasteiger partial charge in [0.05, 0.1) is 10.7 Å². The summed E-state index contributed by atoms with van der Waals surface area (Å²) in [6.07, 6.45) is 5.26. The van der Waals surface area contributed by atoms with Crippen molar-refractivity contribution in [1.82, 2.24) is 15.6 Å². The second-order valence-electron chi connectivity index (χ2n) is 5.82. The molecule has 1 saturated heterocycles. The van der Waals surface area contributed by atoms with Gasteiger partial charge in [-0.15, -0.1) is 0 Å². The number of nitrogens with one attached hydrogen (secondary N) is 4. The van der Waals surface area contributed by atoms with Crippen molar-refractivity contribution in [3.63, 3.8) is 0 Å². The quantitative estimate of drug-likeness (QED) is 0.492. The summed E-state index contributed by atoms with van der Waals surface area (Å²) in [6.45, 7) is 1.87. The molecule has 1 unspecified atom stereocenters. The maximum Gasteiger partial charge on any atom is 0.292 e. The molecule has 1 aliphatic rings. The van der Waals surface area contributed by atoms with Crippen molar-refractivity contribution in [3.8, 4) is 0 Å². The van der Waals surface area contributed by atoms with Gasteiger partial charge in [-0.05, 0) is 30.7 Å². The molecule has 1 aromatic carbocycles. The van der Waals surface area contributed by atoms with Crippen LogP contribution in [0.1, 0.15) is 22.5 Å². The fourth-order valence-electron chi connectivity index (χ4n) is 2.59. The minimum absolute atomic E-state index is 0.0576. The Bertz CT molecular complexity index is 842. The van der Waals surface area contributed by atoms with E-state index in [1.54, 1.807) is 24.4 Å². The number of benzene rings is 1. The molecular weight excluding hydrogens is 356 g/mol. The zero-order valence-corrected chi connectivity index (χ0v) is 14.6. The number of nitrogens with two attached hydrogens (primary N) is 1. The van der Waals surface area contributed by atoms with Crippen LogP contribution in [0.4, 0.5) is 11.7 Å². The molecule has 2 heterocycles. The zero-order valence-electron chi connectivity index (χ0n) is 13.9. The van der Waals surface area contributed by atoms with Gasteiger partial charge in [0.25, 0.3) is 11.9 Å². The first-order valence-electron chi connectivity index (χ1n) is 8.06. The first-order chi connectivity index (χ1) is 12.6. The number of nitrogen functional groups attached to an aromatic ring is 1. The minimum atomic E-state index is -0.486. The number of anilines is 2. The average molecular weight is 375 g/mol. The number of aromatic nitrogens is 1. The van der Waals surface area contributed by atoms with Crippen LogP contribution in [0.2, 0.25) is 5.02 Å². The fraction of sp³-hybridized carbons (Fsp3) is 0.235. The molecule has 9 heteroatoms. The number of rotatable bonds is 6. The summed E-state index contributed by atoms with van der Waals surface area (Å²) in [5.41, 5.74) is 7.27. The van der Waals surface area contributed by atoms with Gasteiger partial charge in [0.15, 0.2) is 5.69 Å². The van der Waals surface area contributed by atoms with Crippen LogP contribution in [0.3, 0.4) is 0 Å². The Morgan fingerprint density at radius 1 is 1.50 bits per heavy atom. The van der Waals surface area contributed by atoms with Crippen LogP contribution in [-0.2, 0) is 0 Å². The summed E-state index contributed by atoms with van der Waals surface area (Å²) in [6, 6.07) is 5.41. The molecule has 0 spiro atoms. The lowest BCUT2D eigenvalue weighted by Gasteiger charge is -2.12. The minimum Gasteiger partial charge on any atom is -0.431 e. The van der Waals surface area contributed by atoms with Gasteiger partial charge in [-0.1, -0.05) is 17.7 Å². The Labute approximate surface area is 155 Å². The molecule has 1 amide bonds. The van der Waals surface area contributed by atoms with E-state index in [4.69, 9.17) is 27.2 Å². The van der Waals surface area contributed by atoms with Gasteiger partial charge in [-0.2, -0.15) is 4.98 Å². The van der Waals surface area contributed by atoms with E-state index in [1.807, 2.05) is 0 Å². The van der Waals surface area contributed by atoms with Crippen molar-refractivity contribution in [1.29, 1.82) is 5.41 Å². The van der Waals surface area contributed by atoms with E-state index < -0.39 is 5.91 Å². The molecular formula is C17H19ClN6O2. The summed E-state index contributed by atoms with van der Waals surface area (Å²) in [4.78, 5) is 16.0. The van der Waals surface area contributed by atoms with Gasteiger partial charge in [0.1, 0.15) is 6.26 Å². The molecule has 1 aliphatic heterocycles. The predicted octanol–water partition coefficient (Wildman–Crippen LogP) is 2.10. The van der Waals surface area contributed by atoms with Crippen molar-refractivity contribution >= 4 is 41.0 Å². The lowest BCUT2D eigenvalue weighted by molar-refractivity contribution is 0.102. The van der Waals surface area contributed by atoms with E-state index in [1.165, 1.54) is 12.5 Å². The van der Waals surface area contributed by atoms with Crippen molar-refractivity contribution in [2.45, 2.75) is 12.5 Å². The summed E-state index contributed by atoms with van der Waals surface area (Å²) in [7, 11) is 0. The van der Waals surface area contributed by atoms with Gasteiger partial charge >= 0.3 is 0 Å². The summed E-state index contributed by atoms with van der Waals surface area (Å²) in [5.74, 6) is -0.486. The third-order valence-electron chi connectivity index (χ3n) is 3.99. The summed E-state index contributed by atoms with van der Waals surface area (Å²) in [5, 5.41) is 17.3.